The van der Waals surface area contributed by atoms with Gasteiger partial charge in [0.1, 0.15) is 11.6 Å². The molecule has 0 fully saturated rings. The quantitative estimate of drug-likeness (QED) is 0.373. The van der Waals surface area contributed by atoms with Crippen molar-refractivity contribution in [2.24, 2.45) is 5.84 Å². The van der Waals surface area contributed by atoms with E-state index in [9.17, 15) is 0 Å². The molecule has 0 spiro atoms. The largest absolute Gasteiger partial charge is 0.355 e. The highest BCUT2D eigenvalue weighted by Gasteiger charge is 2.09. The van der Waals surface area contributed by atoms with E-state index in [0.717, 1.165) is 16.8 Å². The molecule has 20 heavy (non-hydrogen) atoms. The van der Waals surface area contributed by atoms with E-state index in [1.807, 2.05) is 37.6 Å². The minimum atomic E-state index is 0.610. The summed E-state index contributed by atoms with van der Waals surface area (Å²) in [5.41, 5.74) is 3.77. The van der Waals surface area contributed by atoms with Crippen molar-refractivity contribution in [3.05, 3.63) is 40.4 Å². The normalized spacial score (nSPS) is 10.4. The number of rotatable bonds is 5. The number of benzene rings is 1. The van der Waals surface area contributed by atoms with Crippen LogP contribution in [-0.2, 0) is 6.54 Å². The van der Waals surface area contributed by atoms with Crippen LogP contribution in [-0.4, -0.2) is 23.3 Å². The minimum absolute atomic E-state index is 0.610. The molecule has 0 bridgehead atoms. The molecule has 0 atom stereocenters. The van der Waals surface area contributed by atoms with Gasteiger partial charge in [-0.25, -0.2) is 15.8 Å². The summed E-state index contributed by atoms with van der Waals surface area (Å²) in [5, 5.41) is 0.689. The molecule has 1 heterocycles. The van der Waals surface area contributed by atoms with Crippen molar-refractivity contribution in [2.45, 2.75) is 11.7 Å². The highest BCUT2D eigenvalue weighted by molar-refractivity contribution is 9.10. The summed E-state index contributed by atoms with van der Waals surface area (Å²) < 4.78 is 1.09. The molecule has 1 aromatic carbocycles. The monoisotopic (exact) mass is 353 g/mol. The Hall–Kier alpha value is -1.31. The highest BCUT2D eigenvalue weighted by atomic mass is 79.9. The Balaban J connectivity index is 2.24. The highest BCUT2D eigenvalue weighted by Crippen LogP contribution is 2.23. The van der Waals surface area contributed by atoms with E-state index in [1.54, 1.807) is 0 Å². The molecule has 0 saturated heterocycles. The summed E-state index contributed by atoms with van der Waals surface area (Å²) in [6.07, 6.45) is 1.94. The van der Waals surface area contributed by atoms with E-state index in [-0.39, 0.29) is 0 Å². The van der Waals surface area contributed by atoms with Gasteiger partial charge in [-0.1, -0.05) is 45.9 Å². The molecule has 0 saturated carbocycles. The number of nitrogen functional groups attached to an aromatic ring is 1. The first-order chi connectivity index (χ1) is 9.63. The van der Waals surface area contributed by atoms with Gasteiger partial charge in [0, 0.05) is 24.1 Å². The van der Waals surface area contributed by atoms with Gasteiger partial charge in [-0.3, -0.25) is 0 Å². The lowest BCUT2D eigenvalue weighted by molar-refractivity contribution is 0.855. The van der Waals surface area contributed by atoms with Gasteiger partial charge in [0.15, 0.2) is 5.16 Å². The van der Waals surface area contributed by atoms with Gasteiger partial charge in [0.25, 0.3) is 0 Å². The number of anilines is 2. The van der Waals surface area contributed by atoms with Gasteiger partial charge in [-0.15, -0.1) is 0 Å². The van der Waals surface area contributed by atoms with Crippen LogP contribution in [0.3, 0.4) is 0 Å². The number of nitrogens with zero attached hydrogens (tertiary/aromatic N) is 3. The maximum atomic E-state index is 5.44. The lowest BCUT2D eigenvalue weighted by atomic mass is 10.2. The van der Waals surface area contributed by atoms with Gasteiger partial charge >= 0.3 is 0 Å². The van der Waals surface area contributed by atoms with Crippen molar-refractivity contribution in [2.75, 3.05) is 23.6 Å². The molecule has 2 aromatic rings. The minimum Gasteiger partial charge on any atom is -0.355 e. The van der Waals surface area contributed by atoms with Gasteiger partial charge in [0.05, 0.1) is 0 Å². The van der Waals surface area contributed by atoms with E-state index < -0.39 is 0 Å². The fourth-order valence-corrected chi connectivity index (χ4v) is 2.52. The first-order valence-corrected chi connectivity index (χ1v) is 8.00. The predicted octanol–water partition coefficient (Wildman–Crippen LogP) is 2.88. The molecule has 0 radical (unpaired) electrons. The Bertz CT molecular complexity index is 570. The smallest absolute Gasteiger partial charge is 0.191 e. The van der Waals surface area contributed by atoms with E-state index in [4.69, 9.17) is 5.84 Å². The second-order valence-electron chi connectivity index (χ2n) is 4.19. The van der Waals surface area contributed by atoms with Gasteiger partial charge in [0.2, 0.25) is 0 Å². The number of nitrogens with two attached hydrogens (primary N) is 1. The van der Waals surface area contributed by atoms with Crippen molar-refractivity contribution >= 4 is 39.3 Å². The average molecular weight is 354 g/mol. The molecule has 0 aliphatic carbocycles. The molecular weight excluding hydrogens is 338 g/mol. The number of halogens is 1. The number of nitrogens with one attached hydrogen (secondary N) is 1. The van der Waals surface area contributed by atoms with E-state index >= 15 is 0 Å². The van der Waals surface area contributed by atoms with Crippen LogP contribution in [0.4, 0.5) is 11.6 Å². The average Bonchev–Trinajstić information content (AvgIpc) is 2.48. The molecular formula is C13H16BrN5S. The van der Waals surface area contributed by atoms with E-state index in [1.165, 1.54) is 17.3 Å². The van der Waals surface area contributed by atoms with Crippen molar-refractivity contribution < 1.29 is 0 Å². The molecule has 3 N–H and O–H groups in total. The Morgan fingerprint density at radius 2 is 2.10 bits per heavy atom. The maximum Gasteiger partial charge on any atom is 0.191 e. The second-order valence-corrected chi connectivity index (χ2v) is 5.82. The lowest BCUT2D eigenvalue weighted by Crippen LogP contribution is -2.19. The number of hydrogen-bond acceptors (Lipinski definition) is 6. The number of thioether (sulfide) groups is 1. The first kappa shape index (κ1) is 15.1. The lowest BCUT2D eigenvalue weighted by Gasteiger charge is -2.20. The van der Waals surface area contributed by atoms with Crippen LogP contribution in [0, 0.1) is 0 Å². The van der Waals surface area contributed by atoms with Gasteiger partial charge < -0.3 is 10.3 Å². The third-order valence-electron chi connectivity index (χ3n) is 2.78. The molecule has 106 valence electrons. The van der Waals surface area contributed by atoms with Crippen molar-refractivity contribution in [3.63, 3.8) is 0 Å². The van der Waals surface area contributed by atoms with Crippen LogP contribution >= 0.6 is 27.7 Å². The Labute approximate surface area is 131 Å². The molecule has 0 unspecified atom stereocenters. The van der Waals surface area contributed by atoms with Gasteiger partial charge in [-0.2, -0.15) is 0 Å². The Kier molecular flexibility index (Phi) is 5.22. The topological polar surface area (TPSA) is 67.1 Å². The predicted molar refractivity (Wildman–Crippen MR) is 87.9 cm³/mol. The molecule has 2 rings (SSSR count). The fourth-order valence-electron chi connectivity index (χ4n) is 1.74. The van der Waals surface area contributed by atoms with Crippen molar-refractivity contribution in [3.8, 4) is 0 Å². The van der Waals surface area contributed by atoms with Crippen LogP contribution in [0.5, 0.6) is 0 Å². The molecule has 7 heteroatoms. The fraction of sp³-hybridized carbons (Fsp3) is 0.231. The molecule has 0 amide bonds. The molecule has 1 aromatic heterocycles. The SMILES string of the molecule is CSc1nc(NN)cc(N(C)Cc2ccccc2Br)n1. The van der Waals surface area contributed by atoms with Gasteiger partial charge in [-0.05, 0) is 17.9 Å². The first-order valence-electron chi connectivity index (χ1n) is 5.98. The Morgan fingerprint density at radius 1 is 1.35 bits per heavy atom. The summed E-state index contributed by atoms with van der Waals surface area (Å²) >= 11 is 5.04. The molecule has 0 aliphatic heterocycles. The van der Waals surface area contributed by atoms with Crippen molar-refractivity contribution in [1.29, 1.82) is 0 Å². The van der Waals surface area contributed by atoms with E-state index in [0.29, 0.717) is 11.0 Å². The summed E-state index contributed by atoms with van der Waals surface area (Å²) in [6, 6.07) is 9.97. The summed E-state index contributed by atoms with van der Waals surface area (Å²) in [6.45, 7) is 0.746. The van der Waals surface area contributed by atoms with Crippen LogP contribution in [0.2, 0.25) is 0 Å². The zero-order chi connectivity index (χ0) is 14.5. The van der Waals surface area contributed by atoms with Crippen LogP contribution < -0.4 is 16.2 Å². The third kappa shape index (κ3) is 3.62. The molecule has 5 nitrogen and oxygen atoms in total. The Morgan fingerprint density at radius 3 is 2.75 bits per heavy atom. The maximum absolute atomic E-state index is 5.44. The van der Waals surface area contributed by atoms with Crippen LogP contribution in [0.15, 0.2) is 40.0 Å². The number of aromatic nitrogens is 2. The summed E-state index contributed by atoms with van der Waals surface area (Å²) in [4.78, 5) is 10.8. The second kappa shape index (κ2) is 6.92. The van der Waals surface area contributed by atoms with Crippen molar-refractivity contribution in [1.82, 2.24) is 9.97 Å². The van der Waals surface area contributed by atoms with Crippen LogP contribution in [0.1, 0.15) is 5.56 Å². The van der Waals surface area contributed by atoms with Crippen LogP contribution in [0.25, 0.3) is 0 Å². The summed E-state index contributed by atoms with van der Waals surface area (Å²) in [7, 11) is 1.99. The number of hydrogen-bond donors (Lipinski definition) is 2. The standard InChI is InChI=1S/C13H16BrN5S/c1-19(8-9-5-3-4-6-10(9)14)12-7-11(18-15)16-13(17-12)20-2/h3-7H,8,15H2,1-2H3,(H,16,17,18). The zero-order valence-corrected chi connectivity index (χ0v) is 13.7. The zero-order valence-electron chi connectivity index (χ0n) is 11.3. The number of hydrazine groups is 1. The third-order valence-corrected chi connectivity index (χ3v) is 4.10. The molecule has 0 aliphatic rings. The summed E-state index contributed by atoms with van der Waals surface area (Å²) in [5.74, 6) is 6.88. The van der Waals surface area contributed by atoms with E-state index in [2.05, 4.69) is 42.3 Å².